The largest absolute Gasteiger partial charge is 0.481 e. The summed E-state index contributed by atoms with van der Waals surface area (Å²) in [4.78, 5) is 10.5. The zero-order valence-electron chi connectivity index (χ0n) is 14.0. The van der Waals surface area contributed by atoms with Gasteiger partial charge in [-0.15, -0.1) is 10.2 Å². The van der Waals surface area contributed by atoms with E-state index >= 15 is 0 Å². The number of nitrogens with zero attached hydrogens (tertiary/aromatic N) is 2. The monoisotopic (exact) mass is 376 g/mol. The molecule has 0 bridgehead atoms. The maximum atomic E-state index is 10.5. The highest BCUT2D eigenvalue weighted by Crippen LogP contribution is 2.29. The summed E-state index contributed by atoms with van der Waals surface area (Å²) >= 11 is 4.47. The van der Waals surface area contributed by atoms with Crippen LogP contribution in [-0.4, -0.2) is 32.8 Å². The Morgan fingerprint density at radius 1 is 0.913 bits per heavy atom. The van der Waals surface area contributed by atoms with Crippen molar-refractivity contribution < 1.29 is 9.90 Å². The molecule has 1 rings (SSSR count). The van der Waals surface area contributed by atoms with Crippen LogP contribution in [0.3, 0.4) is 0 Å². The molecule has 1 heterocycles. The molecule has 4 nitrogen and oxygen atoms in total. The van der Waals surface area contributed by atoms with Crippen molar-refractivity contribution in [2.24, 2.45) is 0 Å². The summed E-state index contributed by atoms with van der Waals surface area (Å²) in [6.07, 6.45) is 13.5. The molecule has 132 valence electrons. The van der Waals surface area contributed by atoms with E-state index in [1.807, 2.05) is 0 Å². The molecule has 0 saturated heterocycles. The first kappa shape index (κ1) is 20.8. The van der Waals surface area contributed by atoms with Gasteiger partial charge in [0.1, 0.15) is 0 Å². The number of aromatic nitrogens is 2. The zero-order valence-corrected chi connectivity index (χ0v) is 16.4. The van der Waals surface area contributed by atoms with E-state index in [2.05, 4.69) is 17.1 Å². The van der Waals surface area contributed by atoms with Gasteiger partial charge in [0.15, 0.2) is 8.68 Å². The van der Waals surface area contributed by atoms with Crippen molar-refractivity contribution in [1.82, 2.24) is 10.2 Å². The Morgan fingerprint density at radius 2 is 1.43 bits per heavy atom. The van der Waals surface area contributed by atoms with Gasteiger partial charge in [-0.1, -0.05) is 99.6 Å². The van der Waals surface area contributed by atoms with Gasteiger partial charge in [-0.25, -0.2) is 0 Å². The summed E-state index contributed by atoms with van der Waals surface area (Å²) in [5.74, 6) is 0.316. The highest BCUT2D eigenvalue weighted by Gasteiger charge is 2.07. The van der Waals surface area contributed by atoms with Crippen molar-refractivity contribution in [2.75, 3.05) is 11.5 Å². The van der Waals surface area contributed by atoms with Crippen LogP contribution in [0.15, 0.2) is 8.68 Å². The van der Waals surface area contributed by atoms with Crippen molar-refractivity contribution in [1.29, 1.82) is 0 Å². The molecule has 0 atom stereocenters. The average Bonchev–Trinajstić information content (AvgIpc) is 2.98. The fraction of sp³-hybridized carbons (Fsp3) is 0.812. The van der Waals surface area contributed by atoms with E-state index in [1.54, 1.807) is 11.8 Å². The summed E-state index contributed by atoms with van der Waals surface area (Å²) in [6.45, 7) is 2.26. The zero-order chi connectivity index (χ0) is 16.8. The molecule has 0 aromatic carbocycles. The number of rotatable bonds is 15. The number of hydrogen-bond donors (Lipinski definition) is 1. The van der Waals surface area contributed by atoms with Crippen molar-refractivity contribution in [3.05, 3.63) is 0 Å². The summed E-state index contributed by atoms with van der Waals surface area (Å²) in [5.41, 5.74) is 0. The summed E-state index contributed by atoms with van der Waals surface area (Å²) in [6, 6.07) is 0. The number of carboxylic acid groups (broad SMARTS) is 1. The number of aliphatic carboxylic acids is 1. The Kier molecular flexibility index (Phi) is 12.7. The predicted octanol–water partition coefficient (Wildman–Crippen LogP) is 5.73. The van der Waals surface area contributed by atoms with Crippen LogP contribution in [0.2, 0.25) is 0 Å². The highest BCUT2D eigenvalue weighted by atomic mass is 32.2. The third-order valence-corrected chi connectivity index (χ3v) is 6.69. The van der Waals surface area contributed by atoms with Gasteiger partial charge in [-0.05, 0) is 6.42 Å². The van der Waals surface area contributed by atoms with Crippen LogP contribution < -0.4 is 0 Å². The highest BCUT2D eigenvalue weighted by molar-refractivity contribution is 8.03. The molecular weight excluding hydrogens is 348 g/mol. The Balaban J connectivity index is 1.92. The van der Waals surface area contributed by atoms with Crippen LogP contribution in [0.1, 0.15) is 71.1 Å². The second-order valence-electron chi connectivity index (χ2n) is 5.55. The van der Waals surface area contributed by atoms with Gasteiger partial charge in [-0.2, -0.15) is 0 Å². The molecule has 0 aliphatic rings. The van der Waals surface area contributed by atoms with E-state index in [4.69, 9.17) is 5.11 Å². The molecule has 0 radical (unpaired) electrons. The van der Waals surface area contributed by atoms with Crippen LogP contribution >= 0.6 is 34.9 Å². The second-order valence-corrected chi connectivity index (χ2v) is 9.09. The first-order chi connectivity index (χ1) is 11.2. The summed E-state index contributed by atoms with van der Waals surface area (Å²) < 4.78 is 1.70. The van der Waals surface area contributed by atoms with Crippen LogP contribution in [-0.2, 0) is 4.79 Å². The van der Waals surface area contributed by atoms with Gasteiger partial charge in [-0.3, -0.25) is 4.79 Å². The Labute approximate surface area is 152 Å². The molecule has 0 saturated carbocycles. The lowest BCUT2D eigenvalue weighted by atomic mass is 10.1. The Hall–Kier alpha value is -0.270. The standard InChI is InChI=1S/C16H28N2O2S3/c1-2-3-4-5-6-7-8-9-10-11-12-21-15-17-18-16(23-15)22-13-14(19)20/h2-13H2,1H3,(H,19,20). The van der Waals surface area contributed by atoms with Gasteiger partial charge >= 0.3 is 5.97 Å². The van der Waals surface area contributed by atoms with Crippen LogP contribution in [0.25, 0.3) is 0 Å². The van der Waals surface area contributed by atoms with Crippen molar-refractivity contribution in [3.8, 4) is 0 Å². The maximum absolute atomic E-state index is 10.5. The molecule has 1 aromatic rings. The molecule has 7 heteroatoms. The maximum Gasteiger partial charge on any atom is 0.313 e. The molecule has 1 N–H and O–H groups in total. The van der Waals surface area contributed by atoms with Gasteiger partial charge in [0.25, 0.3) is 0 Å². The Morgan fingerprint density at radius 3 is 2.00 bits per heavy atom. The van der Waals surface area contributed by atoms with E-state index < -0.39 is 5.97 Å². The van der Waals surface area contributed by atoms with E-state index in [9.17, 15) is 4.79 Å². The van der Waals surface area contributed by atoms with E-state index in [0.717, 1.165) is 14.4 Å². The fourth-order valence-corrected chi connectivity index (χ4v) is 5.00. The van der Waals surface area contributed by atoms with Gasteiger partial charge < -0.3 is 5.11 Å². The number of carboxylic acids is 1. The molecule has 23 heavy (non-hydrogen) atoms. The third-order valence-electron chi connectivity index (χ3n) is 3.43. The SMILES string of the molecule is CCCCCCCCCCCCSc1nnc(SCC(=O)O)s1. The number of hydrogen-bond acceptors (Lipinski definition) is 6. The van der Waals surface area contributed by atoms with Crippen molar-refractivity contribution in [3.63, 3.8) is 0 Å². The van der Waals surface area contributed by atoms with E-state index in [0.29, 0.717) is 0 Å². The van der Waals surface area contributed by atoms with Gasteiger partial charge in [0.05, 0.1) is 5.75 Å². The molecule has 0 aliphatic carbocycles. The van der Waals surface area contributed by atoms with Crippen LogP contribution in [0, 0.1) is 0 Å². The van der Waals surface area contributed by atoms with E-state index in [1.165, 1.54) is 87.3 Å². The van der Waals surface area contributed by atoms with Crippen molar-refractivity contribution >= 4 is 40.8 Å². The molecule has 0 spiro atoms. The number of thioether (sulfide) groups is 2. The van der Waals surface area contributed by atoms with Crippen LogP contribution in [0.5, 0.6) is 0 Å². The topological polar surface area (TPSA) is 63.1 Å². The van der Waals surface area contributed by atoms with Gasteiger partial charge in [0.2, 0.25) is 0 Å². The lowest BCUT2D eigenvalue weighted by Gasteiger charge is -2.01. The number of carbonyl (C=O) groups is 1. The van der Waals surface area contributed by atoms with E-state index in [-0.39, 0.29) is 5.75 Å². The molecule has 0 aliphatic heterocycles. The Bertz CT molecular complexity index is 427. The molecular formula is C16H28N2O2S3. The summed E-state index contributed by atoms with van der Waals surface area (Å²) in [5, 5.41) is 16.7. The molecule has 0 fully saturated rings. The third kappa shape index (κ3) is 11.8. The summed E-state index contributed by atoms with van der Waals surface area (Å²) in [7, 11) is 0. The minimum atomic E-state index is -0.815. The number of unbranched alkanes of at least 4 members (excludes halogenated alkanes) is 9. The minimum absolute atomic E-state index is 0.0533. The molecule has 0 unspecified atom stereocenters. The van der Waals surface area contributed by atoms with Crippen LogP contribution in [0.4, 0.5) is 0 Å². The predicted molar refractivity (Wildman–Crippen MR) is 101 cm³/mol. The second kappa shape index (κ2) is 14.1. The minimum Gasteiger partial charge on any atom is -0.481 e. The molecule has 0 amide bonds. The normalized spacial score (nSPS) is 11.0. The van der Waals surface area contributed by atoms with Gasteiger partial charge in [0, 0.05) is 5.75 Å². The first-order valence-corrected chi connectivity index (χ1v) is 11.3. The lowest BCUT2D eigenvalue weighted by molar-refractivity contribution is -0.133. The smallest absolute Gasteiger partial charge is 0.313 e. The first-order valence-electron chi connectivity index (χ1n) is 8.53. The fourth-order valence-electron chi connectivity index (χ4n) is 2.19. The molecule has 1 aromatic heterocycles. The quantitative estimate of drug-likeness (QED) is 0.311. The van der Waals surface area contributed by atoms with Crippen molar-refractivity contribution in [2.45, 2.75) is 79.8 Å². The average molecular weight is 377 g/mol. The lowest BCUT2D eigenvalue weighted by Crippen LogP contribution is -1.96.